The van der Waals surface area contributed by atoms with Crippen molar-refractivity contribution >= 4 is 5.91 Å². The molecular formula is C19H23N3O3. The summed E-state index contributed by atoms with van der Waals surface area (Å²) in [5.74, 6) is 1.26. The smallest absolute Gasteiger partial charge is 0.263 e. The highest BCUT2D eigenvalue weighted by atomic mass is 16.5. The number of carbonyl (C=O) groups is 1. The summed E-state index contributed by atoms with van der Waals surface area (Å²) < 4.78 is 11.6. The van der Waals surface area contributed by atoms with Gasteiger partial charge in [-0.15, -0.1) is 5.10 Å². The number of aryl methyl sites for hydroxylation is 1. The lowest BCUT2D eigenvalue weighted by atomic mass is 10.1. The van der Waals surface area contributed by atoms with Crippen LogP contribution in [0.4, 0.5) is 0 Å². The second-order valence-electron chi connectivity index (χ2n) is 6.23. The molecule has 1 aliphatic heterocycles. The van der Waals surface area contributed by atoms with Crippen molar-refractivity contribution in [1.82, 2.24) is 15.1 Å². The molecule has 6 nitrogen and oxygen atoms in total. The van der Waals surface area contributed by atoms with E-state index < -0.39 is 6.10 Å². The maximum Gasteiger partial charge on any atom is 0.263 e. The molecule has 1 saturated heterocycles. The average molecular weight is 341 g/mol. The zero-order valence-corrected chi connectivity index (χ0v) is 14.6. The van der Waals surface area contributed by atoms with Crippen molar-refractivity contribution in [3.63, 3.8) is 0 Å². The first-order valence-electron chi connectivity index (χ1n) is 8.59. The van der Waals surface area contributed by atoms with E-state index in [4.69, 9.17) is 9.47 Å². The molecule has 2 aromatic rings. The Kier molecular flexibility index (Phi) is 5.48. The lowest BCUT2D eigenvalue weighted by molar-refractivity contribution is -0.139. The van der Waals surface area contributed by atoms with Crippen molar-refractivity contribution in [2.75, 3.05) is 13.1 Å². The second-order valence-corrected chi connectivity index (χ2v) is 6.23. The van der Waals surface area contributed by atoms with E-state index in [9.17, 15) is 4.79 Å². The maximum atomic E-state index is 12.5. The minimum Gasteiger partial charge on any atom is -0.481 e. The summed E-state index contributed by atoms with van der Waals surface area (Å²) in [4.78, 5) is 14.4. The van der Waals surface area contributed by atoms with Crippen LogP contribution in [0.2, 0.25) is 0 Å². The van der Waals surface area contributed by atoms with Gasteiger partial charge in [0.25, 0.3) is 5.91 Å². The minimum atomic E-state index is -0.497. The molecule has 2 heterocycles. The first-order chi connectivity index (χ1) is 12.1. The van der Waals surface area contributed by atoms with Crippen LogP contribution >= 0.6 is 0 Å². The zero-order valence-electron chi connectivity index (χ0n) is 14.6. The summed E-state index contributed by atoms with van der Waals surface area (Å²) in [5, 5.41) is 8.02. The summed E-state index contributed by atoms with van der Waals surface area (Å²) >= 11 is 0. The van der Waals surface area contributed by atoms with Crippen LogP contribution in [0.5, 0.6) is 11.6 Å². The van der Waals surface area contributed by atoms with Gasteiger partial charge < -0.3 is 14.4 Å². The third-order valence-corrected chi connectivity index (χ3v) is 4.22. The number of benzene rings is 1. The highest BCUT2D eigenvalue weighted by Crippen LogP contribution is 2.19. The van der Waals surface area contributed by atoms with Crippen LogP contribution in [0.1, 0.15) is 25.5 Å². The van der Waals surface area contributed by atoms with Crippen LogP contribution in [-0.4, -0.2) is 46.3 Å². The van der Waals surface area contributed by atoms with E-state index in [0.29, 0.717) is 24.7 Å². The standard InChI is InChI=1S/C19H23N3O3/c1-14-8-9-18(21-20-14)25-17-10-12-22(13-11-17)19(23)15(2)24-16-6-4-3-5-7-16/h3-9,15,17H,10-13H2,1-2H3. The van der Waals surface area contributed by atoms with Crippen molar-refractivity contribution in [2.24, 2.45) is 0 Å². The third kappa shape index (κ3) is 4.68. The van der Waals surface area contributed by atoms with Gasteiger partial charge in [-0.2, -0.15) is 5.10 Å². The molecule has 0 aliphatic carbocycles. The van der Waals surface area contributed by atoms with Gasteiger partial charge in [-0.05, 0) is 32.0 Å². The normalized spacial score (nSPS) is 16.3. The molecule has 1 atom stereocenters. The number of carbonyl (C=O) groups excluding carboxylic acids is 1. The Balaban J connectivity index is 1.48. The Labute approximate surface area is 147 Å². The molecule has 0 spiro atoms. The van der Waals surface area contributed by atoms with Crippen LogP contribution in [0.15, 0.2) is 42.5 Å². The maximum absolute atomic E-state index is 12.5. The number of hydrogen-bond acceptors (Lipinski definition) is 5. The Hall–Kier alpha value is -2.63. The predicted octanol–water partition coefficient (Wildman–Crippen LogP) is 2.62. The second kappa shape index (κ2) is 7.96. The molecule has 1 aromatic carbocycles. The summed E-state index contributed by atoms with van der Waals surface area (Å²) in [7, 11) is 0. The van der Waals surface area contributed by atoms with Gasteiger partial charge in [0, 0.05) is 32.0 Å². The molecule has 1 fully saturated rings. The first-order valence-corrected chi connectivity index (χ1v) is 8.59. The van der Waals surface area contributed by atoms with Crippen LogP contribution in [-0.2, 0) is 4.79 Å². The topological polar surface area (TPSA) is 64.5 Å². The van der Waals surface area contributed by atoms with Gasteiger partial charge in [-0.25, -0.2) is 0 Å². The van der Waals surface area contributed by atoms with Gasteiger partial charge in [0.05, 0.1) is 5.69 Å². The molecule has 132 valence electrons. The van der Waals surface area contributed by atoms with Crippen molar-refractivity contribution < 1.29 is 14.3 Å². The summed E-state index contributed by atoms with van der Waals surface area (Å²) in [6, 6.07) is 13.1. The Bertz CT molecular complexity index is 683. The zero-order chi connectivity index (χ0) is 17.6. The molecule has 0 bridgehead atoms. The van der Waals surface area contributed by atoms with Crippen molar-refractivity contribution in [1.29, 1.82) is 0 Å². The van der Waals surface area contributed by atoms with Crippen molar-refractivity contribution in [2.45, 2.75) is 38.9 Å². The van der Waals surface area contributed by atoms with Gasteiger partial charge in [0.1, 0.15) is 11.9 Å². The van der Waals surface area contributed by atoms with Gasteiger partial charge in [-0.3, -0.25) is 4.79 Å². The largest absolute Gasteiger partial charge is 0.481 e. The van der Waals surface area contributed by atoms with Crippen LogP contribution in [0.3, 0.4) is 0 Å². The minimum absolute atomic E-state index is 0.0115. The number of nitrogens with zero attached hydrogens (tertiary/aromatic N) is 3. The number of likely N-dealkylation sites (tertiary alicyclic amines) is 1. The Morgan fingerprint density at radius 2 is 1.84 bits per heavy atom. The summed E-state index contributed by atoms with van der Waals surface area (Å²) in [6.07, 6.45) is 1.12. The average Bonchev–Trinajstić information content (AvgIpc) is 2.64. The molecular weight excluding hydrogens is 318 g/mol. The van der Waals surface area contributed by atoms with Gasteiger partial charge in [0.2, 0.25) is 5.88 Å². The molecule has 0 N–H and O–H groups in total. The predicted molar refractivity (Wildman–Crippen MR) is 93.5 cm³/mol. The SMILES string of the molecule is Cc1ccc(OC2CCN(C(=O)C(C)Oc3ccccc3)CC2)nn1. The van der Waals surface area contributed by atoms with E-state index in [0.717, 1.165) is 18.5 Å². The molecule has 0 radical (unpaired) electrons. The fraction of sp³-hybridized carbons (Fsp3) is 0.421. The first kappa shape index (κ1) is 17.2. The molecule has 3 rings (SSSR count). The van der Waals surface area contributed by atoms with E-state index in [1.807, 2.05) is 54.3 Å². The summed E-state index contributed by atoms with van der Waals surface area (Å²) in [5.41, 5.74) is 0.861. The van der Waals surface area contributed by atoms with E-state index in [1.54, 1.807) is 6.92 Å². The fourth-order valence-electron chi connectivity index (χ4n) is 2.83. The molecule has 1 aromatic heterocycles. The molecule has 1 amide bonds. The number of amides is 1. The van der Waals surface area contributed by atoms with Gasteiger partial charge >= 0.3 is 0 Å². The summed E-state index contributed by atoms with van der Waals surface area (Å²) in [6.45, 7) is 5.00. The number of rotatable bonds is 5. The Morgan fingerprint density at radius 1 is 1.12 bits per heavy atom. The van der Waals surface area contributed by atoms with E-state index >= 15 is 0 Å². The molecule has 0 saturated carbocycles. The van der Waals surface area contributed by atoms with Crippen LogP contribution in [0, 0.1) is 6.92 Å². The molecule has 1 aliphatic rings. The van der Waals surface area contributed by atoms with E-state index in [1.165, 1.54) is 0 Å². The monoisotopic (exact) mass is 341 g/mol. The van der Waals surface area contributed by atoms with Gasteiger partial charge in [-0.1, -0.05) is 18.2 Å². The van der Waals surface area contributed by atoms with Crippen molar-refractivity contribution in [3.05, 3.63) is 48.2 Å². The molecule has 6 heteroatoms. The highest BCUT2D eigenvalue weighted by molar-refractivity contribution is 5.81. The number of ether oxygens (including phenoxy) is 2. The lowest BCUT2D eigenvalue weighted by Crippen LogP contribution is -2.46. The third-order valence-electron chi connectivity index (χ3n) is 4.22. The number of aromatic nitrogens is 2. The van der Waals surface area contributed by atoms with Crippen LogP contribution in [0.25, 0.3) is 0 Å². The highest BCUT2D eigenvalue weighted by Gasteiger charge is 2.28. The van der Waals surface area contributed by atoms with E-state index in [2.05, 4.69) is 10.2 Å². The number of hydrogen-bond donors (Lipinski definition) is 0. The number of piperidine rings is 1. The Morgan fingerprint density at radius 3 is 2.48 bits per heavy atom. The number of para-hydroxylation sites is 1. The fourth-order valence-corrected chi connectivity index (χ4v) is 2.83. The molecule has 1 unspecified atom stereocenters. The lowest BCUT2D eigenvalue weighted by Gasteiger charge is -2.33. The quantitative estimate of drug-likeness (QED) is 0.836. The van der Waals surface area contributed by atoms with E-state index in [-0.39, 0.29) is 12.0 Å². The van der Waals surface area contributed by atoms with Gasteiger partial charge in [0.15, 0.2) is 6.10 Å². The molecule has 25 heavy (non-hydrogen) atoms. The van der Waals surface area contributed by atoms with Crippen LogP contribution < -0.4 is 9.47 Å². The van der Waals surface area contributed by atoms with Crippen molar-refractivity contribution in [3.8, 4) is 11.6 Å².